The minimum absolute atomic E-state index is 0.437. The van der Waals surface area contributed by atoms with Crippen LogP contribution in [0.1, 0.15) is 37.6 Å². The van der Waals surface area contributed by atoms with Gasteiger partial charge in [-0.2, -0.15) is 0 Å². The Bertz CT molecular complexity index is 642. The van der Waals surface area contributed by atoms with Crippen LogP contribution in [0.25, 0.3) is 0 Å². The van der Waals surface area contributed by atoms with Crippen LogP contribution < -0.4 is 10.5 Å². The lowest BCUT2D eigenvalue weighted by molar-refractivity contribution is 0.0905. The standard InChI is InChI=1S/C12H16F2N2O3S/c1-4-12(2,3)16-11(17)8-5-7(20(15,18)19)6-9(13)10(8)14/h5-6H,4H2,1-3H3,(H,16,17)(H2,15,18,19). The molecule has 1 aromatic rings. The minimum Gasteiger partial charge on any atom is -0.347 e. The number of carbonyl (C=O) groups is 1. The minimum atomic E-state index is -4.23. The molecule has 0 unspecified atom stereocenters. The third-order valence-corrected chi connectivity index (χ3v) is 3.80. The average Bonchev–Trinajstić information content (AvgIpc) is 2.30. The van der Waals surface area contributed by atoms with Crippen molar-refractivity contribution >= 4 is 15.9 Å². The van der Waals surface area contributed by atoms with Crippen molar-refractivity contribution in [2.45, 2.75) is 37.6 Å². The molecule has 0 aromatic heterocycles. The van der Waals surface area contributed by atoms with Crippen LogP contribution in [0.2, 0.25) is 0 Å². The summed E-state index contributed by atoms with van der Waals surface area (Å²) in [6.07, 6.45) is 0.553. The summed E-state index contributed by atoms with van der Waals surface area (Å²) in [6.45, 7) is 5.20. The van der Waals surface area contributed by atoms with Crippen LogP contribution in [-0.4, -0.2) is 19.9 Å². The molecule has 0 bridgehead atoms. The van der Waals surface area contributed by atoms with E-state index in [1.165, 1.54) is 0 Å². The van der Waals surface area contributed by atoms with Crippen LogP contribution >= 0.6 is 0 Å². The summed E-state index contributed by atoms with van der Waals surface area (Å²) < 4.78 is 49.3. The highest BCUT2D eigenvalue weighted by Gasteiger charge is 2.25. The zero-order valence-electron chi connectivity index (χ0n) is 11.3. The monoisotopic (exact) mass is 306 g/mol. The van der Waals surface area contributed by atoms with Gasteiger partial charge in [-0.15, -0.1) is 0 Å². The largest absolute Gasteiger partial charge is 0.347 e. The van der Waals surface area contributed by atoms with Crippen LogP contribution in [-0.2, 0) is 10.0 Å². The predicted octanol–water partition coefficient (Wildman–Crippen LogP) is 1.53. The number of hydrogen-bond acceptors (Lipinski definition) is 3. The third-order valence-electron chi connectivity index (χ3n) is 2.91. The maximum Gasteiger partial charge on any atom is 0.254 e. The van der Waals surface area contributed by atoms with E-state index >= 15 is 0 Å². The number of carbonyl (C=O) groups excluding carboxylic acids is 1. The van der Waals surface area contributed by atoms with Gasteiger partial charge in [0.1, 0.15) is 0 Å². The number of amides is 1. The van der Waals surface area contributed by atoms with Crippen molar-refractivity contribution in [2.75, 3.05) is 0 Å². The van der Waals surface area contributed by atoms with Gasteiger partial charge in [-0.25, -0.2) is 22.3 Å². The van der Waals surface area contributed by atoms with E-state index in [0.29, 0.717) is 12.5 Å². The second kappa shape index (κ2) is 5.45. The summed E-state index contributed by atoms with van der Waals surface area (Å²) in [5.41, 5.74) is -1.34. The predicted molar refractivity (Wildman–Crippen MR) is 69.6 cm³/mol. The number of halogens is 2. The Morgan fingerprint density at radius 2 is 1.90 bits per heavy atom. The number of sulfonamides is 1. The summed E-state index contributed by atoms with van der Waals surface area (Å²) >= 11 is 0. The van der Waals surface area contributed by atoms with Crippen molar-refractivity contribution in [3.8, 4) is 0 Å². The van der Waals surface area contributed by atoms with Crippen molar-refractivity contribution in [1.82, 2.24) is 5.32 Å². The Kier molecular flexibility index (Phi) is 4.50. The molecule has 0 aliphatic carbocycles. The lowest BCUT2D eigenvalue weighted by Gasteiger charge is -2.24. The van der Waals surface area contributed by atoms with Crippen LogP contribution in [0, 0.1) is 11.6 Å². The fourth-order valence-corrected chi connectivity index (χ4v) is 1.91. The zero-order chi connectivity index (χ0) is 15.7. The molecule has 3 N–H and O–H groups in total. The molecule has 0 atom stereocenters. The number of primary sulfonamides is 1. The molecule has 0 aliphatic heterocycles. The van der Waals surface area contributed by atoms with Gasteiger partial charge < -0.3 is 5.32 Å². The molecular formula is C12H16F2N2O3S. The van der Waals surface area contributed by atoms with Crippen molar-refractivity contribution in [2.24, 2.45) is 5.14 Å². The molecule has 0 radical (unpaired) electrons. The molecule has 0 heterocycles. The van der Waals surface area contributed by atoms with Crippen molar-refractivity contribution in [3.63, 3.8) is 0 Å². The highest BCUT2D eigenvalue weighted by molar-refractivity contribution is 7.89. The molecule has 0 saturated heterocycles. The molecule has 0 aliphatic rings. The van der Waals surface area contributed by atoms with Crippen LogP contribution in [0.3, 0.4) is 0 Å². The quantitative estimate of drug-likeness (QED) is 0.884. The molecular weight excluding hydrogens is 290 g/mol. The molecule has 5 nitrogen and oxygen atoms in total. The number of hydrogen-bond donors (Lipinski definition) is 2. The summed E-state index contributed by atoms with van der Waals surface area (Å²) in [4.78, 5) is 11.3. The Hall–Kier alpha value is -1.54. The number of nitrogens with two attached hydrogens (primary N) is 1. The van der Waals surface area contributed by atoms with E-state index in [2.05, 4.69) is 5.32 Å². The summed E-state index contributed by atoms with van der Waals surface area (Å²) in [5.74, 6) is -3.77. The Labute approximate surface area is 116 Å². The van der Waals surface area contributed by atoms with Crippen LogP contribution in [0.4, 0.5) is 8.78 Å². The van der Waals surface area contributed by atoms with Gasteiger partial charge >= 0.3 is 0 Å². The summed E-state index contributed by atoms with van der Waals surface area (Å²) in [7, 11) is -4.23. The van der Waals surface area contributed by atoms with Crippen LogP contribution in [0.15, 0.2) is 17.0 Å². The van der Waals surface area contributed by atoms with E-state index in [9.17, 15) is 22.0 Å². The molecule has 20 heavy (non-hydrogen) atoms. The van der Waals surface area contributed by atoms with Gasteiger partial charge in [-0.3, -0.25) is 4.79 Å². The molecule has 0 fully saturated rings. The number of benzene rings is 1. The Balaban J connectivity index is 3.31. The molecule has 1 aromatic carbocycles. The number of nitrogens with one attached hydrogen (secondary N) is 1. The summed E-state index contributed by atoms with van der Waals surface area (Å²) in [5, 5.41) is 7.34. The second-order valence-corrected chi connectivity index (χ2v) is 6.56. The van der Waals surface area contributed by atoms with Gasteiger partial charge in [-0.1, -0.05) is 6.92 Å². The first-order chi connectivity index (χ1) is 8.98. The van der Waals surface area contributed by atoms with Gasteiger partial charge in [-0.05, 0) is 32.4 Å². The SMILES string of the molecule is CCC(C)(C)NC(=O)c1cc(S(N)(=O)=O)cc(F)c1F. The van der Waals surface area contributed by atoms with E-state index in [-0.39, 0.29) is 0 Å². The molecule has 1 amide bonds. The first-order valence-corrected chi connectivity index (χ1v) is 7.37. The molecule has 0 saturated carbocycles. The highest BCUT2D eigenvalue weighted by Crippen LogP contribution is 2.19. The first kappa shape index (κ1) is 16.5. The smallest absolute Gasteiger partial charge is 0.254 e. The van der Waals surface area contributed by atoms with Crippen molar-refractivity contribution in [1.29, 1.82) is 0 Å². The van der Waals surface area contributed by atoms with E-state index in [1.807, 2.05) is 0 Å². The Morgan fingerprint density at radius 3 is 2.35 bits per heavy atom. The average molecular weight is 306 g/mol. The first-order valence-electron chi connectivity index (χ1n) is 5.82. The maximum absolute atomic E-state index is 13.6. The van der Waals surface area contributed by atoms with Gasteiger partial charge in [0.05, 0.1) is 10.5 Å². The highest BCUT2D eigenvalue weighted by atomic mass is 32.2. The zero-order valence-corrected chi connectivity index (χ0v) is 12.1. The van der Waals surface area contributed by atoms with E-state index in [4.69, 9.17) is 5.14 Å². The fraction of sp³-hybridized carbons (Fsp3) is 0.417. The normalized spacial score (nSPS) is 12.3. The van der Waals surface area contributed by atoms with Gasteiger partial charge in [0.2, 0.25) is 10.0 Å². The van der Waals surface area contributed by atoms with Crippen molar-refractivity contribution in [3.05, 3.63) is 29.3 Å². The molecule has 112 valence electrons. The molecule has 8 heteroatoms. The van der Waals surface area contributed by atoms with Gasteiger partial charge in [0.15, 0.2) is 11.6 Å². The maximum atomic E-state index is 13.6. The molecule has 0 spiro atoms. The van der Waals surface area contributed by atoms with Gasteiger partial charge in [0.25, 0.3) is 5.91 Å². The van der Waals surface area contributed by atoms with E-state index in [1.54, 1.807) is 20.8 Å². The Morgan fingerprint density at radius 1 is 1.35 bits per heavy atom. The van der Waals surface area contributed by atoms with Gasteiger partial charge in [0, 0.05) is 5.54 Å². The van der Waals surface area contributed by atoms with E-state index < -0.39 is 43.6 Å². The summed E-state index contributed by atoms with van der Waals surface area (Å²) in [6, 6.07) is 1.15. The third kappa shape index (κ3) is 3.73. The van der Waals surface area contributed by atoms with Crippen molar-refractivity contribution < 1.29 is 22.0 Å². The lowest BCUT2D eigenvalue weighted by atomic mass is 10.0. The second-order valence-electron chi connectivity index (χ2n) is 5.00. The molecule has 1 rings (SSSR count). The lowest BCUT2D eigenvalue weighted by Crippen LogP contribution is -2.43. The number of rotatable bonds is 4. The topological polar surface area (TPSA) is 89.3 Å². The fourth-order valence-electron chi connectivity index (χ4n) is 1.36. The van der Waals surface area contributed by atoms with Crippen LogP contribution in [0.5, 0.6) is 0 Å². The van der Waals surface area contributed by atoms with E-state index in [0.717, 1.165) is 6.07 Å².